The standard InChI is InChI=1S/C27H21F3N2O5S/c1-36-22-12-11-19(27(28,29)30)14-20(22)31-24(33)15-32-25(34)23(38-26(32)35)13-18-9-5-6-10-21(18)37-16-17-7-3-2-4-8-17/h2-14H,15-16H2,1H3,(H,31,33)/b23-13-. The summed E-state index contributed by atoms with van der Waals surface area (Å²) in [7, 11) is 1.24. The van der Waals surface area contributed by atoms with Crippen LogP contribution in [0.25, 0.3) is 6.08 Å². The predicted octanol–water partition coefficient (Wildman–Crippen LogP) is 5.97. The maximum absolute atomic E-state index is 13.1. The summed E-state index contributed by atoms with van der Waals surface area (Å²) < 4.78 is 50.2. The van der Waals surface area contributed by atoms with Gasteiger partial charge in [0.1, 0.15) is 24.7 Å². The lowest BCUT2D eigenvalue weighted by atomic mass is 10.1. The van der Waals surface area contributed by atoms with Gasteiger partial charge in [-0.15, -0.1) is 0 Å². The Balaban J connectivity index is 1.47. The number of para-hydroxylation sites is 1. The molecule has 1 fully saturated rings. The van der Waals surface area contributed by atoms with Gasteiger partial charge in [-0.25, -0.2) is 0 Å². The minimum absolute atomic E-state index is 0.00695. The molecule has 1 saturated heterocycles. The summed E-state index contributed by atoms with van der Waals surface area (Å²) in [5.41, 5.74) is 0.285. The first-order valence-corrected chi connectivity index (χ1v) is 12.0. The number of carbonyl (C=O) groups is 3. The van der Waals surface area contributed by atoms with Gasteiger partial charge in [-0.05, 0) is 47.7 Å². The number of amides is 3. The molecular formula is C27H21F3N2O5S. The van der Waals surface area contributed by atoms with Crippen molar-refractivity contribution in [3.63, 3.8) is 0 Å². The summed E-state index contributed by atoms with van der Waals surface area (Å²) >= 11 is 0.651. The van der Waals surface area contributed by atoms with Crippen LogP contribution in [0.2, 0.25) is 0 Å². The molecule has 0 spiro atoms. The molecule has 0 bridgehead atoms. The molecular weight excluding hydrogens is 521 g/mol. The number of rotatable bonds is 8. The largest absolute Gasteiger partial charge is 0.495 e. The monoisotopic (exact) mass is 542 g/mol. The minimum Gasteiger partial charge on any atom is -0.495 e. The van der Waals surface area contributed by atoms with Crippen LogP contribution in [0.1, 0.15) is 16.7 Å². The molecule has 1 heterocycles. The second kappa shape index (κ2) is 11.4. The van der Waals surface area contributed by atoms with E-state index < -0.39 is 35.3 Å². The van der Waals surface area contributed by atoms with Gasteiger partial charge in [-0.1, -0.05) is 48.5 Å². The third-order valence-corrected chi connectivity index (χ3v) is 6.33. The molecule has 0 radical (unpaired) electrons. The first-order valence-electron chi connectivity index (χ1n) is 11.2. The van der Waals surface area contributed by atoms with Crippen LogP contribution in [-0.4, -0.2) is 35.6 Å². The van der Waals surface area contributed by atoms with E-state index in [1.807, 2.05) is 30.3 Å². The fourth-order valence-corrected chi connectivity index (χ4v) is 4.39. The second-order valence-corrected chi connectivity index (χ2v) is 9.03. The maximum Gasteiger partial charge on any atom is 0.416 e. The Bertz CT molecular complexity index is 1390. The summed E-state index contributed by atoms with van der Waals surface area (Å²) in [6.45, 7) is -0.389. The number of hydrogen-bond acceptors (Lipinski definition) is 6. The van der Waals surface area contributed by atoms with Crippen molar-refractivity contribution in [3.8, 4) is 11.5 Å². The van der Waals surface area contributed by atoms with E-state index in [1.165, 1.54) is 13.2 Å². The van der Waals surface area contributed by atoms with Crippen LogP contribution in [0.3, 0.4) is 0 Å². The zero-order chi connectivity index (χ0) is 27.3. The van der Waals surface area contributed by atoms with Crippen molar-refractivity contribution in [1.82, 2.24) is 4.90 Å². The zero-order valence-electron chi connectivity index (χ0n) is 20.0. The lowest BCUT2D eigenvalue weighted by molar-refractivity contribution is -0.137. The smallest absolute Gasteiger partial charge is 0.416 e. The van der Waals surface area contributed by atoms with Gasteiger partial charge in [0.15, 0.2) is 0 Å². The number of nitrogens with zero attached hydrogens (tertiary/aromatic N) is 1. The van der Waals surface area contributed by atoms with Crippen molar-refractivity contribution >= 4 is 40.6 Å². The van der Waals surface area contributed by atoms with E-state index in [4.69, 9.17) is 9.47 Å². The molecule has 3 aromatic carbocycles. The summed E-state index contributed by atoms with van der Waals surface area (Å²) in [4.78, 5) is 38.8. The molecule has 0 aromatic heterocycles. The molecule has 4 rings (SSSR count). The van der Waals surface area contributed by atoms with Crippen LogP contribution in [0.15, 0.2) is 77.7 Å². The van der Waals surface area contributed by atoms with Crippen molar-refractivity contribution in [3.05, 3.63) is 94.4 Å². The van der Waals surface area contributed by atoms with Gasteiger partial charge in [0.25, 0.3) is 11.1 Å². The first-order chi connectivity index (χ1) is 18.2. The number of nitrogens with one attached hydrogen (secondary N) is 1. The number of thioether (sulfide) groups is 1. The molecule has 11 heteroatoms. The molecule has 3 aromatic rings. The summed E-state index contributed by atoms with van der Waals surface area (Å²) in [5.74, 6) is -1.08. The third kappa shape index (κ3) is 6.35. The van der Waals surface area contributed by atoms with Crippen molar-refractivity contribution in [1.29, 1.82) is 0 Å². The number of hydrogen-bond donors (Lipinski definition) is 1. The molecule has 1 aliphatic rings. The topological polar surface area (TPSA) is 84.9 Å². The molecule has 0 saturated carbocycles. The van der Waals surface area contributed by atoms with Crippen LogP contribution in [0.4, 0.5) is 23.7 Å². The molecule has 0 aliphatic carbocycles. The van der Waals surface area contributed by atoms with Gasteiger partial charge in [0, 0.05) is 5.56 Å². The SMILES string of the molecule is COc1ccc(C(F)(F)F)cc1NC(=O)CN1C(=O)S/C(=C\c2ccccc2OCc2ccccc2)C1=O. The average Bonchev–Trinajstić information content (AvgIpc) is 3.15. The number of alkyl halides is 3. The van der Waals surface area contributed by atoms with Crippen molar-refractivity contribution in [2.24, 2.45) is 0 Å². The van der Waals surface area contributed by atoms with Gasteiger partial charge in [0.2, 0.25) is 5.91 Å². The van der Waals surface area contributed by atoms with E-state index in [9.17, 15) is 27.6 Å². The van der Waals surface area contributed by atoms with Crippen LogP contribution in [0, 0.1) is 0 Å². The maximum atomic E-state index is 13.1. The molecule has 1 aliphatic heterocycles. The second-order valence-electron chi connectivity index (χ2n) is 8.04. The fourth-order valence-electron chi connectivity index (χ4n) is 3.56. The molecule has 196 valence electrons. The Morgan fingerprint density at radius 1 is 1.00 bits per heavy atom. The van der Waals surface area contributed by atoms with Gasteiger partial charge < -0.3 is 14.8 Å². The Kier molecular flexibility index (Phi) is 8.06. The van der Waals surface area contributed by atoms with Crippen molar-refractivity contribution < 1.29 is 37.0 Å². The quantitative estimate of drug-likeness (QED) is 0.353. The highest BCUT2D eigenvalue weighted by Crippen LogP contribution is 2.36. The molecule has 0 atom stereocenters. The predicted molar refractivity (Wildman–Crippen MR) is 137 cm³/mol. The number of benzene rings is 3. The van der Waals surface area contributed by atoms with Gasteiger partial charge >= 0.3 is 6.18 Å². The Labute approximate surface area is 220 Å². The lowest BCUT2D eigenvalue weighted by Gasteiger charge is -2.16. The number of anilines is 1. The summed E-state index contributed by atoms with van der Waals surface area (Å²) in [6.07, 6.45) is -3.14. The van der Waals surface area contributed by atoms with Gasteiger partial charge in [0.05, 0.1) is 23.3 Å². The van der Waals surface area contributed by atoms with E-state index in [2.05, 4.69) is 5.32 Å². The van der Waals surface area contributed by atoms with Crippen molar-refractivity contribution in [2.75, 3.05) is 19.0 Å². The number of methoxy groups -OCH3 is 1. The van der Waals surface area contributed by atoms with Gasteiger partial charge in [-0.3, -0.25) is 19.3 Å². The van der Waals surface area contributed by atoms with Gasteiger partial charge in [-0.2, -0.15) is 13.2 Å². The van der Waals surface area contributed by atoms with E-state index in [-0.39, 0.29) is 16.3 Å². The molecule has 0 unspecified atom stereocenters. The van der Waals surface area contributed by atoms with Crippen LogP contribution < -0.4 is 14.8 Å². The van der Waals surface area contributed by atoms with Crippen molar-refractivity contribution in [2.45, 2.75) is 12.8 Å². The summed E-state index contributed by atoms with van der Waals surface area (Å²) in [6, 6.07) is 19.1. The van der Waals surface area contributed by atoms with E-state index in [0.29, 0.717) is 29.7 Å². The number of halogens is 3. The molecule has 38 heavy (non-hydrogen) atoms. The highest BCUT2D eigenvalue weighted by molar-refractivity contribution is 8.18. The van der Waals surface area contributed by atoms with E-state index in [1.54, 1.807) is 24.3 Å². The fraction of sp³-hybridized carbons (Fsp3) is 0.148. The Hall–Kier alpha value is -4.25. The highest BCUT2D eigenvalue weighted by atomic mass is 32.2. The molecule has 3 amide bonds. The van der Waals surface area contributed by atoms with Crippen LogP contribution >= 0.6 is 11.8 Å². The van der Waals surface area contributed by atoms with Crippen LogP contribution in [0.5, 0.6) is 11.5 Å². The lowest BCUT2D eigenvalue weighted by Crippen LogP contribution is -2.36. The first kappa shape index (κ1) is 26.8. The normalized spacial score (nSPS) is 14.6. The van der Waals surface area contributed by atoms with E-state index in [0.717, 1.165) is 28.7 Å². The molecule has 1 N–H and O–H groups in total. The number of carbonyl (C=O) groups excluding carboxylic acids is 3. The van der Waals surface area contributed by atoms with E-state index >= 15 is 0 Å². The average molecular weight is 543 g/mol. The number of ether oxygens (including phenoxy) is 2. The molecule has 7 nitrogen and oxygen atoms in total. The minimum atomic E-state index is -4.63. The summed E-state index contributed by atoms with van der Waals surface area (Å²) in [5, 5.41) is 1.60. The highest BCUT2D eigenvalue weighted by Gasteiger charge is 2.37. The third-order valence-electron chi connectivity index (χ3n) is 5.42. The zero-order valence-corrected chi connectivity index (χ0v) is 20.8. The van der Waals surface area contributed by atoms with Crippen LogP contribution in [-0.2, 0) is 22.4 Å². The Morgan fingerprint density at radius 3 is 2.42 bits per heavy atom. The Morgan fingerprint density at radius 2 is 1.71 bits per heavy atom. The number of imide groups is 1.